The smallest absolute Gasteiger partial charge is 0.341 e. The van der Waals surface area contributed by atoms with Crippen molar-refractivity contribution >= 4 is 11.9 Å². The van der Waals surface area contributed by atoms with E-state index in [1.54, 1.807) is 12.1 Å². The molecule has 0 radical (unpaired) electrons. The molecule has 2 atom stereocenters. The molecule has 1 aliphatic rings. The fraction of sp³-hybridized carbons (Fsp3) is 0.529. The third-order valence-corrected chi connectivity index (χ3v) is 4.32. The van der Waals surface area contributed by atoms with Crippen molar-refractivity contribution in [1.82, 2.24) is 5.32 Å². The van der Waals surface area contributed by atoms with E-state index >= 15 is 0 Å². The minimum Gasteiger partial charge on any atom is -0.496 e. The van der Waals surface area contributed by atoms with Crippen molar-refractivity contribution in [2.75, 3.05) is 14.2 Å². The molecular formula is C17H24N2O4. The van der Waals surface area contributed by atoms with Crippen LogP contribution in [0.1, 0.15) is 41.6 Å². The van der Waals surface area contributed by atoms with Gasteiger partial charge >= 0.3 is 5.97 Å². The molecule has 0 aromatic heterocycles. The highest BCUT2D eigenvalue weighted by Gasteiger charge is 2.25. The first-order valence-electron chi connectivity index (χ1n) is 7.82. The normalized spacial score (nSPS) is 20.1. The van der Waals surface area contributed by atoms with Crippen molar-refractivity contribution in [3.05, 3.63) is 29.3 Å². The molecule has 0 heterocycles. The Labute approximate surface area is 136 Å². The van der Waals surface area contributed by atoms with Crippen LogP contribution < -0.4 is 15.8 Å². The molecule has 1 aromatic rings. The molecular weight excluding hydrogens is 296 g/mol. The van der Waals surface area contributed by atoms with Gasteiger partial charge in [-0.3, -0.25) is 4.79 Å². The fourth-order valence-electron chi connectivity index (χ4n) is 2.96. The number of hydrogen-bond donors (Lipinski definition) is 2. The molecule has 23 heavy (non-hydrogen) atoms. The molecule has 0 unspecified atom stereocenters. The first-order chi connectivity index (χ1) is 11.0. The topological polar surface area (TPSA) is 90.7 Å². The maximum Gasteiger partial charge on any atom is 0.341 e. The van der Waals surface area contributed by atoms with Gasteiger partial charge in [0, 0.05) is 19.0 Å². The van der Waals surface area contributed by atoms with Gasteiger partial charge in [0.1, 0.15) is 11.3 Å². The fourth-order valence-corrected chi connectivity index (χ4v) is 2.96. The molecule has 3 N–H and O–H groups in total. The molecule has 1 fully saturated rings. The van der Waals surface area contributed by atoms with Crippen molar-refractivity contribution in [3.8, 4) is 5.75 Å². The van der Waals surface area contributed by atoms with E-state index in [0.717, 1.165) is 24.8 Å². The van der Waals surface area contributed by atoms with Gasteiger partial charge in [0.2, 0.25) is 5.91 Å². The van der Waals surface area contributed by atoms with Crippen LogP contribution in [-0.4, -0.2) is 32.1 Å². The highest BCUT2D eigenvalue weighted by atomic mass is 16.5. The largest absolute Gasteiger partial charge is 0.496 e. The summed E-state index contributed by atoms with van der Waals surface area (Å²) < 4.78 is 9.89. The van der Waals surface area contributed by atoms with Gasteiger partial charge in [-0.05, 0) is 36.5 Å². The van der Waals surface area contributed by atoms with Crippen LogP contribution in [0.4, 0.5) is 0 Å². The molecule has 0 spiro atoms. The lowest BCUT2D eigenvalue weighted by atomic mass is 10.00. The van der Waals surface area contributed by atoms with Crippen LogP contribution in [0.3, 0.4) is 0 Å². The summed E-state index contributed by atoms with van der Waals surface area (Å²) >= 11 is 0. The number of nitrogens with one attached hydrogen (secondary N) is 1. The van der Waals surface area contributed by atoms with Gasteiger partial charge in [-0.2, -0.15) is 0 Å². The highest BCUT2D eigenvalue weighted by Crippen LogP contribution is 2.26. The van der Waals surface area contributed by atoms with Crippen LogP contribution in [0.25, 0.3) is 0 Å². The van der Waals surface area contributed by atoms with E-state index in [1.807, 2.05) is 6.07 Å². The van der Waals surface area contributed by atoms with Crippen LogP contribution >= 0.6 is 0 Å². The first-order valence-corrected chi connectivity index (χ1v) is 7.82. The minimum atomic E-state index is -0.466. The second kappa shape index (κ2) is 7.97. The van der Waals surface area contributed by atoms with Gasteiger partial charge in [-0.1, -0.05) is 12.5 Å². The monoisotopic (exact) mass is 320 g/mol. The van der Waals surface area contributed by atoms with E-state index in [2.05, 4.69) is 5.32 Å². The average Bonchev–Trinajstić information content (AvgIpc) is 2.96. The Morgan fingerprint density at radius 1 is 1.30 bits per heavy atom. The summed E-state index contributed by atoms with van der Waals surface area (Å²) in [4.78, 5) is 23.8. The van der Waals surface area contributed by atoms with Crippen LogP contribution in [0.15, 0.2) is 18.2 Å². The van der Waals surface area contributed by atoms with Crippen LogP contribution in [0.5, 0.6) is 5.75 Å². The number of carbonyl (C=O) groups is 2. The second-order valence-corrected chi connectivity index (χ2v) is 5.86. The summed E-state index contributed by atoms with van der Waals surface area (Å²) in [6, 6.07) is 5.31. The van der Waals surface area contributed by atoms with E-state index in [1.165, 1.54) is 14.2 Å². The van der Waals surface area contributed by atoms with Gasteiger partial charge < -0.3 is 20.5 Å². The molecule has 6 heteroatoms. The molecule has 2 rings (SSSR count). The molecule has 1 aromatic carbocycles. The Morgan fingerprint density at radius 2 is 2.09 bits per heavy atom. The number of nitrogens with two attached hydrogens (primary N) is 1. The minimum absolute atomic E-state index is 0.0113. The van der Waals surface area contributed by atoms with Crippen molar-refractivity contribution in [1.29, 1.82) is 0 Å². The standard InChI is InChI=1S/C17H24N2O4/c1-22-15-7-6-11(8-13(15)17(21)23-2)10-19-16(20)9-12-4-3-5-14(12)18/h6-8,12,14H,3-5,9-10,18H2,1-2H3,(H,19,20)/t12-,14+/m0/s1. The molecule has 1 aliphatic carbocycles. The van der Waals surface area contributed by atoms with Gasteiger partial charge in [0.05, 0.1) is 14.2 Å². The Kier molecular flexibility index (Phi) is 5.98. The van der Waals surface area contributed by atoms with Crippen molar-refractivity contribution in [2.45, 2.75) is 38.3 Å². The number of rotatable bonds is 6. The summed E-state index contributed by atoms with van der Waals surface area (Å²) in [6.07, 6.45) is 3.57. The number of carbonyl (C=O) groups excluding carboxylic acids is 2. The number of ether oxygens (including phenoxy) is 2. The number of amides is 1. The predicted molar refractivity (Wildman–Crippen MR) is 86.1 cm³/mol. The van der Waals surface area contributed by atoms with Crippen LogP contribution in [0.2, 0.25) is 0 Å². The van der Waals surface area contributed by atoms with E-state index in [0.29, 0.717) is 24.3 Å². The summed E-state index contributed by atoms with van der Waals surface area (Å²) in [5.41, 5.74) is 7.15. The third-order valence-electron chi connectivity index (χ3n) is 4.32. The summed E-state index contributed by atoms with van der Waals surface area (Å²) in [5.74, 6) is 0.245. The maximum atomic E-state index is 12.0. The molecule has 1 amide bonds. The lowest BCUT2D eigenvalue weighted by molar-refractivity contribution is -0.122. The van der Waals surface area contributed by atoms with E-state index in [-0.39, 0.29) is 17.9 Å². The second-order valence-electron chi connectivity index (χ2n) is 5.86. The Bertz CT molecular complexity index is 574. The number of methoxy groups -OCH3 is 2. The molecule has 0 bridgehead atoms. The summed E-state index contributed by atoms with van der Waals surface area (Å²) in [5, 5.41) is 2.88. The number of benzene rings is 1. The SMILES string of the molecule is COC(=O)c1cc(CNC(=O)C[C@@H]2CCC[C@H]2N)ccc1OC. The van der Waals surface area contributed by atoms with Crippen molar-refractivity contribution in [3.63, 3.8) is 0 Å². The molecule has 1 saturated carbocycles. The summed E-state index contributed by atoms with van der Waals surface area (Å²) in [6.45, 7) is 0.356. The molecule has 6 nitrogen and oxygen atoms in total. The molecule has 0 aliphatic heterocycles. The van der Waals surface area contributed by atoms with Crippen LogP contribution in [0, 0.1) is 5.92 Å². The van der Waals surface area contributed by atoms with Crippen molar-refractivity contribution < 1.29 is 19.1 Å². The lowest BCUT2D eigenvalue weighted by Gasteiger charge is -2.15. The summed E-state index contributed by atoms with van der Waals surface area (Å²) in [7, 11) is 2.81. The van der Waals surface area contributed by atoms with E-state index in [4.69, 9.17) is 15.2 Å². The Morgan fingerprint density at radius 3 is 2.70 bits per heavy atom. The lowest BCUT2D eigenvalue weighted by Crippen LogP contribution is -2.31. The predicted octanol–water partition coefficient (Wildman–Crippen LogP) is 1.62. The van der Waals surface area contributed by atoms with Gasteiger partial charge in [-0.25, -0.2) is 4.79 Å². The zero-order chi connectivity index (χ0) is 16.8. The Hall–Kier alpha value is -2.08. The first kappa shape index (κ1) is 17.3. The highest BCUT2D eigenvalue weighted by molar-refractivity contribution is 5.92. The molecule has 0 saturated heterocycles. The van der Waals surface area contributed by atoms with Crippen LogP contribution in [-0.2, 0) is 16.1 Å². The molecule has 126 valence electrons. The van der Waals surface area contributed by atoms with Gasteiger partial charge in [0.25, 0.3) is 0 Å². The average molecular weight is 320 g/mol. The van der Waals surface area contributed by atoms with E-state index < -0.39 is 5.97 Å². The zero-order valence-corrected chi connectivity index (χ0v) is 13.6. The Balaban J connectivity index is 1.94. The third kappa shape index (κ3) is 4.45. The van der Waals surface area contributed by atoms with Crippen molar-refractivity contribution in [2.24, 2.45) is 11.7 Å². The quantitative estimate of drug-likeness (QED) is 0.777. The van der Waals surface area contributed by atoms with E-state index in [9.17, 15) is 9.59 Å². The number of esters is 1. The number of hydrogen-bond acceptors (Lipinski definition) is 5. The van der Waals surface area contributed by atoms with Gasteiger partial charge in [-0.15, -0.1) is 0 Å². The zero-order valence-electron chi connectivity index (χ0n) is 13.6. The van der Waals surface area contributed by atoms with Gasteiger partial charge in [0.15, 0.2) is 0 Å². The maximum absolute atomic E-state index is 12.0.